The van der Waals surface area contributed by atoms with Gasteiger partial charge in [-0.1, -0.05) is 42.1 Å². The summed E-state index contributed by atoms with van der Waals surface area (Å²) in [7, 11) is 0. The molecule has 1 aromatic carbocycles. The zero-order valence-corrected chi connectivity index (χ0v) is 14.8. The molecule has 0 amide bonds. The van der Waals surface area contributed by atoms with Crippen molar-refractivity contribution in [1.82, 2.24) is 5.32 Å². The summed E-state index contributed by atoms with van der Waals surface area (Å²) in [6, 6.07) is 5.63. The van der Waals surface area contributed by atoms with Crippen molar-refractivity contribution in [2.24, 2.45) is 5.73 Å². The van der Waals surface area contributed by atoms with Crippen LogP contribution in [0.1, 0.15) is 37.7 Å². The van der Waals surface area contributed by atoms with Crippen LogP contribution in [0.4, 0.5) is 0 Å². The molecule has 5 heteroatoms. The van der Waals surface area contributed by atoms with Gasteiger partial charge in [0.05, 0.1) is 0 Å². The second kappa shape index (κ2) is 13.1. The molecule has 0 atom stereocenters. The molecule has 0 radical (unpaired) electrons. The first-order valence-corrected chi connectivity index (χ1v) is 8.92. The molecule has 0 heterocycles. The molecule has 0 bridgehead atoms. The molecule has 0 aliphatic rings. The quantitative estimate of drug-likeness (QED) is 0.529. The zero-order valence-electron chi connectivity index (χ0n) is 13.3. The predicted molar refractivity (Wildman–Crippen MR) is 96.0 cm³/mol. The Hall–Kier alpha value is -0.320. The molecule has 22 heavy (non-hydrogen) atoms. The number of benzene rings is 1. The van der Waals surface area contributed by atoms with Crippen molar-refractivity contribution in [3.63, 3.8) is 0 Å². The van der Waals surface area contributed by atoms with Crippen LogP contribution < -0.4 is 11.1 Å². The van der Waals surface area contributed by atoms with Gasteiger partial charge in [-0.2, -0.15) is 0 Å². The normalized spacial score (nSPS) is 11.0. The molecule has 0 saturated heterocycles. The average molecular weight is 347 g/mol. The van der Waals surface area contributed by atoms with E-state index in [1.54, 1.807) is 0 Å². The summed E-state index contributed by atoms with van der Waals surface area (Å²) in [4.78, 5) is 0. The predicted octanol–water partition coefficient (Wildman–Crippen LogP) is 4.05. The fraction of sp³-hybridized carbons (Fsp3) is 0.647. The Labute approximate surface area is 144 Å². The maximum Gasteiger partial charge on any atom is 0.0478 e. The van der Waals surface area contributed by atoms with Crippen LogP contribution in [0.5, 0.6) is 0 Å². The molecule has 0 spiro atoms. The summed E-state index contributed by atoms with van der Waals surface area (Å²) >= 11 is 12.3. The molecular weight excluding hydrogens is 319 g/mol. The number of hydrogen-bond donors (Lipinski definition) is 2. The molecule has 0 unspecified atom stereocenters. The summed E-state index contributed by atoms with van der Waals surface area (Å²) in [6.45, 7) is 4.31. The molecule has 126 valence electrons. The minimum Gasteiger partial charge on any atom is -0.381 e. The van der Waals surface area contributed by atoms with Gasteiger partial charge in [0.1, 0.15) is 0 Å². The highest BCUT2D eigenvalue weighted by Crippen LogP contribution is 2.24. The minimum atomic E-state index is 0.743. The number of hydrogen-bond acceptors (Lipinski definition) is 3. The van der Waals surface area contributed by atoms with E-state index in [2.05, 4.69) is 5.32 Å². The molecule has 0 saturated carbocycles. The van der Waals surface area contributed by atoms with E-state index in [1.165, 1.54) is 12.8 Å². The molecule has 3 N–H and O–H groups in total. The Bertz CT molecular complexity index is 382. The lowest BCUT2D eigenvalue weighted by Gasteiger charge is -2.08. The lowest BCUT2D eigenvalue weighted by Crippen LogP contribution is -2.20. The zero-order chi connectivity index (χ0) is 16.0. The number of nitrogens with two attached hydrogens (primary N) is 1. The van der Waals surface area contributed by atoms with Crippen LogP contribution in [0.3, 0.4) is 0 Å². The van der Waals surface area contributed by atoms with Crippen LogP contribution in [0.2, 0.25) is 10.0 Å². The van der Waals surface area contributed by atoms with E-state index < -0.39 is 0 Å². The Balaban J connectivity index is 1.92. The van der Waals surface area contributed by atoms with E-state index in [9.17, 15) is 0 Å². The number of nitrogens with one attached hydrogen (secondary N) is 1. The Morgan fingerprint density at radius 1 is 0.909 bits per heavy atom. The molecule has 1 aromatic rings. The Kier molecular flexibility index (Phi) is 11.8. The minimum absolute atomic E-state index is 0.743. The second-order valence-electron chi connectivity index (χ2n) is 5.37. The van der Waals surface area contributed by atoms with E-state index in [0.717, 1.165) is 74.1 Å². The van der Waals surface area contributed by atoms with Gasteiger partial charge in [-0.05, 0) is 63.0 Å². The summed E-state index contributed by atoms with van der Waals surface area (Å²) in [6.07, 6.45) is 6.57. The third-order valence-corrected chi connectivity index (χ3v) is 4.21. The van der Waals surface area contributed by atoms with E-state index in [4.69, 9.17) is 33.7 Å². The Morgan fingerprint density at radius 3 is 2.32 bits per heavy atom. The first-order valence-electron chi connectivity index (χ1n) is 8.17. The number of rotatable bonds is 13. The van der Waals surface area contributed by atoms with Gasteiger partial charge in [0.15, 0.2) is 0 Å². The van der Waals surface area contributed by atoms with Crippen LogP contribution in [-0.4, -0.2) is 32.8 Å². The van der Waals surface area contributed by atoms with Crippen LogP contribution in [0.15, 0.2) is 18.2 Å². The van der Waals surface area contributed by atoms with Crippen molar-refractivity contribution >= 4 is 23.2 Å². The van der Waals surface area contributed by atoms with E-state index >= 15 is 0 Å². The van der Waals surface area contributed by atoms with Gasteiger partial charge in [0.25, 0.3) is 0 Å². The number of ether oxygens (including phenoxy) is 1. The van der Waals surface area contributed by atoms with E-state index in [-0.39, 0.29) is 0 Å². The molecule has 3 nitrogen and oxygen atoms in total. The van der Waals surface area contributed by atoms with Crippen molar-refractivity contribution in [2.45, 2.75) is 38.5 Å². The molecule has 0 fully saturated rings. The average Bonchev–Trinajstić information content (AvgIpc) is 2.51. The lowest BCUT2D eigenvalue weighted by atomic mass is 10.1. The fourth-order valence-electron chi connectivity index (χ4n) is 2.21. The smallest absolute Gasteiger partial charge is 0.0478 e. The molecular formula is C17H28Cl2N2O. The highest BCUT2D eigenvalue weighted by atomic mass is 35.5. The van der Waals surface area contributed by atoms with Crippen molar-refractivity contribution in [3.8, 4) is 0 Å². The first kappa shape index (κ1) is 19.7. The van der Waals surface area contributed by atoms with Gasteiger partial charge >= 0.3 is 0 Å². The van der Waals surface area contributed by atoms with Gasteiger partial charge in [0.2, 0.25) is 0 Å². The van der Waals surface area contributed by atoms with Crippen molar-refractivity contribution in [2.75, 3.05) is 32.8 Å². The highest BCUT2D eigenvalue weighted by molar-refractivity contribution is 6.35. The monoisotopic (exact) mass is 346 g/mol. The van der Waals surface area contributed by atoms with E-state index in [0.29, 0.717) is 0 Å². The topological polar surface area (TPSA) is 47.3 Å². The van der Waals surface area contributed by atoms with Crippen LogP contribution >= 0.6 is 23.2 Å². The van der Waals surface area contributed by atoms with Crippen LogP contribution in [-0.2, 0) is 11.2 Å². The van der Waals surface area contributed by atoms with Gasteiger partial charge < -0.3 is 15.8 Å². The SMILES string of the molecule is NCCCCCCOCCCNCCc1c(Cl)cccc1Cl. The molecule has 1 rings (SSSR count). The maximum absolute atomic E-state index is 6.13. The third kappa shape index (κ3) is 8.96. The van der Waals surface area contributed by atoms with Gasteiger partial charge in [-0.3, -0.25) is 0 Å². The van der Waals surface area contributed by atoms with Crippen molar-refractivity contribution < 1.29 is 4.74 Å². The van der Waals surface area contributed by atoms with Gasteiger partial charge in [-0.15, -0.1) is 0 Å². The molecule has 0 aromatic heterocycles. The summed E-state index contributed by atoms with van der Waals surface area (Å²) in [5.74, 6) is 0. The largest absolute Gasteiger partial charge is 0.381 e. The van der Waals surface area contributed by atoms with Crippen LogP contribution in [0, 0.1) is 0 Å². The maximum atomic E-state index is 6.13. The third-order valence-electron chi connectivity index (χ3n) is 3.50. The van der Waals surface area contributed by atoms with Crippen molar-refractivity contribution in [3.05, 3.63) is 33.8 Å². The molecule has 0 aliphatic carbocycles. The summed E-state index contributed by atoms with van der Waals surface area (Å²) in [5, 5.41) is 4.88. The van der Waals surface area contributed by atoms with Gasteiger partial charge in [-0.25, -0.2) is 0 Å². The van der Waals surface area contributed by atoms with E-state index in [1.807, 2.05) is 18.2 Å². The summed E-state index contributed by atoms with van der Waals surface area (Å²) in [5.41, 5.74) is 6.47. The molecule has 0 aliphatic heterocycles. The van der Waals surface area contributed by atoms with Crippen LogP contribution in [0.25, 0.3) is 0 Å². The first-order chi connectivity index (χ1) is 10.8. The lowest BCUT2D eigenvalue weighted by molar-refractivity contribution is 0.127. The Morgan fingerprint density at radius 2 is 1.59 bits per heavy atom. The highest BCUT2D eigenvalue weighted by Gasteiger charge is 2.04. The second-order valence-corrected chi connectivity index (χ2v) is 6.18. The van der Waals surface area contributed by atoms with Gasteiger partial charge in [0, 0.05) is 23.3 Å². The number of unbranched alkanes of at least 4 members (excludes halogenated alkanes) is 3. The van der Waals surface area contributed by atoms with Crippen molar-refractivity contribution in [1.29, 1.82) is 0 Å². The fourth-order valence-corrected chi connectivity index (χ4v) is 2.80. The summed E-state index contributed by atoms with van der Waals surface area (Å²) < 4.78 is 5.60. The standard InChI is InChI=1S/C17H28Cl2N2O/c18-16-7-5-8-17(19)15(16)9-12-21-11-6-14-22-13-4-2-1-3-10-20/h5,7-8,21H,1-4,6,9-14,20H2. The number of halogens is 2.